The van der Waals surface area contributed by atoms with Gasteiger partial charge in [-0.1, -0.05) is 6.92 Å². The maximum atomic E-state index is 12.0. The summed E-state index contributed by atoms with van der Waals surface area (Å²) >= 11 is 1.39. The van der Waals surface area contributed by atoms with Crippen LogP contribution in [-0.4, -0.2) is 51.4 Å². The molecule has 0 bridgehead atoms. The van der Waals surface area contributed by atoms with Crippen molar-refractivity contribution in [3.8, 4) is 0 Å². The number of carboxylic acid groups (broad SMARTS) is 1. The quantitative estimate of drug-likeness (QED) is 0.606. The van der Waals surface area contributed by atoms with Crippen molar-refractivity contribution in [3.05, 3.63) is 10.6 Å². The second kappa shape index (κ2) is 5.15. The van der Waals surface area contributed by atoms with Gasteiger partial charge in [-0.25, -0.2) is 4.79 Å². The van der Waals surface area contributed by atoms with E-state index in [9.17, 15) is 19.8 Å². The molecule has 1 fully saturated rings. The predicted molar refractivity (Wildman–Crippen MR) is 71.1 cm³/mol. The molecule has 2 aliphatic heterocycles. The summed E-state index contributed by atoms with van der Waals surface area (Å²) in [6, 6.07) is -0.237. The van der Waals surface area contributed by atoms with E-state index >= 15 is 0 Å². The van der Waals surface area contributed by atoms with Gasteiger partial charge in [0, 0.05) is 23.1 Å². The van der Waals surface area contributed by atoms with Gasteiger partial charge in [0.1, 0.15) is 5.70 Å². The van der Waals surface area contributed by atoms with Gasteiger partial charge < -0.3 is 20.8 Å². The number of carbonyl (C=O) groups excluding carboxylic acids is 1. The van der Waals surface area contributed by atoms with Crippen LogP contribution in [0.4, 0.5) is 0 Å². The van der Waals surface area contributed by atoms with Crippen LogP contribution in [0.15, 0.2) is 10.6 Å². The number of hydrogen-bond donors (Lipinski definition) is 3. The van der Waals surface area contributed by atoms with Crippen molar-refractivity contribution in [1.82, 2.24) is 4.90 Å². The SMILES string of the molecule is CC1C(SCCN)=C(C(=O)O)N2C(=O)[C@H]([C@@H](C)O)[C@H]12. The molecular formula is C12H18N2O4S. The van der Waals surface area contributed by atoms with E-state index in [0.717, 1.165) is 0 Å². The fraction of sp³-hybridized carbons (Fsp3) is 0.667. The molecule has 2 aliphatic rings. The molecule has 0 spiro atoms. The molecule has 0 aromatic heterocycles. The van der Waals surface area contributed by atoms with Crippen LogP contribution < -0.4 is 5.73 Å². The standard InChI is InChI=1S/C12H18N2O4S/c1-5-8-7(6(2)15)11(16)14(8)9(12(17)18)10(5)19-4-3-13/h5-8,15H,3-4,13H2,1-2H3,(H,17,18)/t5?,6-,7-,8+/m1/s1. The molecule has 2 heterocycles. The number of aliphatic carboxylic acids is 1. The number of β-lactam (4-membered cyclic amide) rings is 1. The van der Waals surface area contributed by atoms with Gasteiger partial charge in [0.15, 0.2) is 0 Å². The largest absolute Gasteiger partial charge is 0.477 e. The molecule has 6 nitrogen and oxygen atoms in total. The number of carboxylic acids is 1. The van der Waals surface area contributed by atoms with Crippen molar-refractivity contribution in [2.24, 2.45) is 17.6 Å². The minimum absolute atomic E-state index is 0.0675. The smallest absolute Gasteiger partial charge is 0.353 e. The number of hydrogen-bond acceptors (Lipinski definition) is 5. The molecule has 7 heteroatoms. The third-order valence-corrected chi connectivity index (χ3v) is 5.00. The number of nitrogens with two attached hydrogens (primary N) is 1. The highest BCUT2D eigenvalue weighted by Gasteiger charge is 2.59. The maximum absolute atomic E-state index is 12.0. The van der Waals surface area contributed by atoms with Gasteiger partial charge in [-0.15, -0.1) is 11.8 Å². The Hall–Kier alpha value is -1.05. The first kappa shape index (κ1) is 14.4. The lowest BCUT2D eigenvalue weighted by molar-refractivity contribution is -0.163. The predicted octanol–water partition coefficient (Wildman–Crippen LogP) is -0.168. The number of thioether (sulfide) groups is 1. The highest BCUT2D eigenvalue weighted by molar-refractivity contribution is 8.03. The Kier molecular flexibility index (Phi) is 3.89. The number of amides is 1. The molecule has 19 heavy (non-hydrogen) atoms. The number of fused-ring (bicyclic) bond motifs is 1. The zero-order valence-electron chi connectivity index (χ0n) is 10.9. The van der Waals surface area contributed by atoms with Gasteiger partial charge in [-0.2, -0.15) is 0 Å². The van der Waals surface area contributed by atoms with E-state index in [4.69, 9.17) is 5.73 Å². The molecule has 0 radical (unpaired) electrons. The minimum atomic E-state index is -1.09. The molecule has 106 valence electrons. The number of aliphatic hydroxyl groups is 1. The third-order valence-electron chi connectivity index (χ3n) is 3.69. The van der Waals surface area contributed by atoms with Crippen LogP contribution in [0.2, 0.25) is 0 Å². The molecule has 0 aromatic carbocycles. The summed E-state index contributed by atoms with van der Waals surface area (Å²) < 4.78 is 0. The molecule has 0 aliphatic carbocycles. The minimum Gasteiger partial charge on any atom is -0.477 e. The maximum Gasteiger partial charge on any atom is 0.353 e. The number of carbonyl (C=O) groups is 2. The van der Waals surface area contributed by atoms with E-state index in [1.54, 1.807) is 6.92 Å². The topological polar surface area (TPSA) is 104 Å². The monoisotopic (exact) mass is 286 g/mol. The Morgan fingerprint density at radius 3 is 2.68 bits per heavy atom. The average molecular weight is 286 g/mol. The van der Waals surface area contributed by atoms with Crippen molar-refractivity contribution < 1.29 is 19.8 Å². The Morgan fingerprint density at radius 2 is 2.21 bits per heavy atom. The zero-order valence-corrected chi connectivity index (χ0v) is 11.7. The summed E-state index contributed by atoms with van der Waals surface area (Å²) in [4.78, 5) is 25.4. The molecule has 0 saturated carbocycles. The number of aliphatic hydroxyl groups excluding tert-OH is 1. The van der Waals surface area contributed by atoms with E-state index in [0.29, 0.717) is 17.2 Å². The van der Waals surface area contributed by atoms with Gasteiger partial charge in [0.25, 0.3) is 0 Å². The second-order valence-corrected chi connectivity index (χ2v) is 6.05. The summed E-state index contributed by atoms with van der Waals surface area (Å²) in [5.41, 5.74) is 5.52. The van der Waals surface area contributed by atoms with Gasteiger partial charge in [-0.3, -0.25) is 4.79 Å². The third kappa shape index (κ3) is 2.05. The van der Waals surface area contributed by atoms with Gasteiger partial charge in [0.2, 0.25) is 5.91 Å². The van der Waals surface area contributed by atoms with Crippen molar-refractivity contribution in [1.29, 1.82) is 0 Å². The average Bonchev–Trinajstić information content (AvgIpc) is 2.56. The summed E-state index contributed by atoms with van der Waals surface area (Å²) in [6.45, 7) is 3.92. The molecule has 2 rings (SSSR count). The highest BCUT2D eigenvalue weighted by atomic mass is 32.2. The van der Waals surface area contributed by atoms with Gasteiger partial charge in [0.05, 0.1) is 18.1 Å². The van der Waals surface area contributed by atoms with Crippen LogP contribution in [0.25, 0.3) is 0 Å². The first-order valence-electron chi connectivity index (χ1n) is 6.23. The Bertz CT molecular complexity index is 449. The highest BCUT2D eigenvalue weighted by Crippen LogP contribution is 2.50. The van der Waals surface area contributed by atoms with Crippen molar-refractivity contribution in [2.75, 3.05) is 12.3 Å². The van der Waals surface area contributed by atoms with Crippen LogP contribution in [0.3, 0.4) is 0 Å². The Morgan fingerprint density at radius 1 is 1.58 bits per heavy atom. The van der Waals surface area contributed by atoms with E-state index in [1.807, 2.05) is 6.92 Å². The number of nitrogens with zero attached hydrogens (tertiary/aromatic N) is 1. The molecule has 4 atom stereocenters. The normalized spacial score (nSPS) is 31.3. The van der Waals surface area contributed by atoms with E-state index in [-0.39, 0.29) is 23.6 Å². The van der Waals surface area contributed by atoms with Crippen LogP contribution in [-0.2, 0) is 9.59 Å². The lowest BCUT2D eigenvalue weighted by Crippen LogP contribution is -2.63. The lowest BCUT2D eigenvalue weighted by atomic mass is 9.79. The summed E-state index contributed by atoms with van der Waals surface area (Å²) in [5, 5.41) is 19.0. The fourth-order valence-corrected chi connectivity index (χ4v) is 3.95. The van der Waals surface area contributed by atoms with Crippen LogP contribution in [0, 0.1) is 11.8 Å². The first-order chi connectivity index (χ1) is 8.91. The zero-order chi connectivity index (χ0) is 14.3. The van der Waals surface area contributed by atoms with Crippen molar-refractivity contribution in [2.45, 2.75) is 26.0 Å². The van der Waals surface area contributed by atoms with E-state index < -0.39 is 18.0 Å². The molecule has 1 saturated heterocycles. The van der Waals surface area contributed by atoms with Crippen LogP contribution in [0.5, 0.6) is 0 Å². The van der Waals surface area contributed by atoms with Crippen molar-refractivity contribution in [3.63, 3.8) is 0 Å². The van der Waals surface area contributed by atoms with Gasteiger partial charge in [-0.05, 0) is 6.92 Å². The fourth-order valence-electron chi connectivity index (χ4n) is 2.88. The molecule has 4 N–H and O–H groups in total. The molecular weight excluding hydrogens is 268 g/mol. The van der Waals surface area contributed by atoms with E-state index in [2.05, 4.69) is 0 Å². The first-order valence-corrected chi connectivity index (χ1v) is 7.21. The lowest BCUT2D eigenvalue weighted by Gasteiger charge is -2.46. The van der Waals surface area contributed by atoms with Crippen LogP contribution in [0.1, 0.15) is 13.8 Å². The van der Waals surface area contributed by atoms with E-state index in [1.165, 1.54) is 16.7 Å². The Balaban J connectivity index is 2.32. The molecule has 1 unspecified atom stereocenters. The summed E-state index contributed by atoms with van der Waals surface area (Å²) in [7, 11) is 0. The van der Waals surface area contributed by atoms with Crippen LogP contribution >= 0.6 is 11.8 Å². The molecule has 0 aromatic rings. The Labute approximate surface area is 115 Å². The van der Waals surface area contributed by atoms with Crippen molar-refractivity contribution >= 4 is 23.6 Å². The second-order valence-electron chi connectivity index (χ2n) is 4.91. The summed E-state index contributed by atoms with van der Waals surface area (Å²) in [6.07, 6.45) is -0.759. The number of rotatable bonds is 5. The molecule has 1 amide bonds. The van der Waals surface area contributed by atoms with Gasteiger partial charge >= 0.3 is 5.97 Å². The summed E-state index contributed by atoms with van der Waals surface area (Å²) in [5.74, 6) is -1.34.